The molecule has 0 aliphatic heterocycles. The maximum absolute atomic E-state index is 12.2. The summed E-state index contributed by atoms with van der Waals surface area (Å²) in [6.45, 7) is 0. The SMILES string of the molecule is O=C(Nc1cncc(-c2cnc3n[nH]c(-c4cc5c(-c6ccsc6)cccc5[nH]4)c3c2)c1)C1CC1. The van der Waals surface area contributed by atoms with Crippen molar-refractivity contribution in [1.82, 2.24) is 25.1 Å². The van der Waals surface area contributed by atoms with Crippen LogP contribution >= 0.6 is 11.3 Å². The summed E-state index contributed by atoms with van der Waals surface area (Å²) in [5, 5.41) is 16.9. The third kappa shape index (κ3) is 3.59. The lowest BCUT2D eigenvalue weighted by Crippen LogP contribution is -2.13. The zero-order chi connectivity index (χ0) is 23.4. The summed E-state index contributed by atoms with van der Waals surface area (Å²) in [7, 11) is 0. The smallest absolute Gasteiger partial charge is 0.227 e. The highest BCUT2D eigenvalue weighted by molar-refractivity contribution is 7.08. The van der Waals surface area contributed by atoms with Gasteiger partial charge in [0.15, 0.2) is 5.65 Å². The van der Waals surface area contributed by atoms with Gasteiger partial charge in [0.1, 0.15) is 0 Å². The molecule has 0 unspecified atom stereocenters. The van der Waals surface area contributed by atoms with E-state index in [-0.39, 0.29) is 11.8 Å². The Kier molecular flexibility index (Phi) is 4.53. The van der Waals surface area contributed by atoms with Crippen LogP contribution in [0, 0.1) is 5.92 Å². The summed E-state index contributed by atoms with van der Waals surface area (Å²) in [5.74, 6) is 0.206. The molecule has 5 heterocycles. The molecule has 1 fully saturated rings. The molecule has 1 aliphatic carbocycles. The molecule has 1 aliphatic rings. The van der Waals surface area contributed by atoms with E-state index in [1.807, 2.05) is 6.07 Å². The highest BCUT2D eigenvalue weighted by atomic mass is 32.1. The Morgan fingerprint density at radius 2 is 1.91 bits per heavy atom. The Balaban J connectivity index is 1.29. The number of carbonyl (C=O) groups excluding carboxylic acids is 1. The minimum atomic E-state index is 0.0651. The predicted octanol–water partition coefficient (Wildman–Crippen LogP) is 6.25. The maximum atomic E-state index is 12.2. The lowest BCUT2D eigenvalue weighted by molar-refractivity contribution is -0.117. The second kappa shape index (κ2) is 7.89. The molecule has 0 spiro atoms. The number of aromatic amines is 2. The van der Waals surface area contributed by atoms with Gasteiger partial charge >= 0.3 is 0 Å². The molecule has 0 atom stereocenters. The highest BCUT2D eigenvalue weighted by Gasteiger charge is 2.29. The van der Waals surface area contributed by atoms with Gasteiger partial charge in [-0.25, -0.2) is 4.98 Å². The van der Waals surface area contributed by atoms with Gasteiger partial charge in [0.05, 0.1) is 23.3 Å². The molecule has 0 radical (unpaired) electrons. The minimum absolute atomic E-state index is 0.0651. The summed E-state index contributed by atoms with van der Waals surface area (Å²) in [6.07, 6.45) is 7.17. The second-order valence-electron chi connectivity index (χ2n) is 8.88. The molecule has 170 valence electrons. The number of fused-ring (bicyclic) bond motifs is 2. The molecule has 1 saturated carbocycles. The fourth-order valence-electron chi connectivity index (χ4n) is 4.48. The van der Waals surface area contributed by atoms with Crippen molar-refractivity contribution in [1.29, 1.82) is 0 Å². The van der Waals surface area contributed by atoms with Gasteiger partial charge < -0.3 is 10.3 Å². The number of rotatable bonds is 5. The Morgan fingerprint density at radius 3 is 2.77 bits per heavy atom. The van der Waals surface area contributed by atoms with Crippen molar-refractivity contribution in [2.75, 3.05) is 5.32 Å². The molecule has 1 aromatic carbocycles. The molecule has 5 aromatic heterocycles. The van der Waals surface area contributed by atoms with Crippen molar-refractivity contribution >= 4 is 44.9 Å². The molecule has 6 aromatic rings. The number of H-pyrrole nitrogens is 2. The van der Waals surface area contributed by atoms with E-state index in [2.05, 4.69) is 77.6 Å². The van der Waals surface area contributed by atoms with Crippen LogP contribution in [-0.2, 0) is 4.79 Å². The molecular weight excluding hydrogens is 456 g/mol. The van der Waals surface area contributed by atoms with Gasteiger partial charge in [-0.3, -0.25) is 14.9 Å². The number of thiophene rings is 1. The lowest BCUT2D eigenvalue weighted by atomic mass is 10.0. The van der Waals surface area contributed by atoms with E-state index < -0.39 is 0 Å². The number of nitrogens with one attached hydrogen (secondary N) is 3. The number of hydrogen-bond donors (Lipinski definition) is 3. The van der Waals surface area contributed by atoms with Crippen molar-refractivity contribution in [3.63, 3.8) is 0 Å². The summed E-state index contributed by atoms with van der Waals surface area (Å²) < 4.78 is 0. The van der Waals surface area contributed by atoms with Gasteiger partial charge in [0.2, 0.25) is 5.91 Å². The van der Waals surface area contributed by atoms with Gasteiger partial charge in [-0.05, 0) is 65.1 Å². The van der Waals surface area contributed by atoms with E-state index in [1.54, 1.807) is 29.9 Å². The molecule has 3 N–H and O–H groups in total. The Bertz CT molecular complexity index is 1710. The van der Waals surface area contributed by atoms with Gasteiger partial charge in [0, 0.05) is 45.7 Å². The van der Waals surface area contributed by atoms with Crippen LogP contribution in [0.3, 0.4) is 0 Å². The number of carbonyl (C=O) groups is 1. The van der Waals surface area contributed by atoms with E-state index in [9.17, 15) is 4.79 Å². The van der Waals surface area contributed by atoms with Crippen molar-refractivity contribution in [2.45, 2.75) is 12.8 Å². The van der Waals surface area contributed by atoms with Crippen LogP contribution < -0.4 is 5.32 Å². The molecule has 8 heteroatoms. The number of amides is 1. The van der Waals surface area contributed by atoms with E-state index in [1.165, 1.54) is 11.1 Å². The Morgan fingerprint density at radius 1 is 1.00 bits per heavy atom. The number of anilines is 1. The number of benzene rings is 1. The van der Waals surface area contributed by atoms with Crippen LogP contribution in [0.15, 0.2) is 71.8 Å². The first-order chi connectivity index (χ1) is 17.2. The van der Waals surface area contributed by atoms with Crippen molar-refractivity contribution < 1.29 is 4.79 Å². The Hall–Kier alpha value is -4.30. The zero-order valence-corrected chi connectivity index (χ0v) is 19.4. The monoisotopic (exact) mass is 476 g/mol. The van der Waals surface area contributed by atoms with Crippen LogP contribution in [0.1, 0.15) is 12.8 Å². The largest absolute Gasteiger partial charge is 0.353 e. The number of nitrogens with zero attached hydrogens (tertiary/aromatic N) is 3. The first-order valence-electron chi connectivity index (χ1n) is 11.5. The summed E-state index contributed by atoms with van der Waals surface area (Å²) in [6, 6.07) is 14.6. The van der Waals surface area contributed by atoms with Gasteiger partial charge in [-0.15, -0.1) is 0 Å². The van der Waals surface area contributed by atoms with Gasteiger partial charge in [0.25, 0.3) is 0 Å². The molecular formula is C27H20N6OS. The second-order valence-corrected chi connectivity index (χ2v) is 9.66. The number of pyridine rings is 2. The Labute approximate surface area is 204 Å². The predicted molar refractivity (Wildman–Crippen MR) is 139 cm³/mol. The normalized spacial score (nSPS) is 13.5. The van der Waals surface area contributed by atoms with E-state index in [4.69, 9.17) is 0 Å². The van der Waals surface area contributed by atoms with Crippen LogP contribution in [0.2, 0.25) is 0 Å². The minimum Gasteiger partial charge on any atom is -0.353 e. The van der Waals surface area contributed by atoms with E-state index in [0.717, 1.165) is 51.6 Å². The first kappa shape index (κ1) is 20.1. The number of hydrogen-bond acceptors (Lipinski definition) is 5. The van der Waals surface area contributed by atoms with E-state index >= 15 is 0 Å². The van der Waals surface area contributed by atoms with Crippen molar-refractivity contribution in [3.05, 3.63) is 71.8 Å². The number of aromatic nitrogens is 5. The summed E-state index contributed by atoms with van der Waals surface area (Å²) in [5.41, 5.74) is 8.45. The van der Waals surface area contributed by atoms with Crippen LogP contribution in [0.25, 0.3) is 55.6 Å². The zero-order valence-electron chi connectivity index (χ0n) is 18.6. The quantitative estimate of drug-likeness (QED) is 0.274. The molecule has 0 bridgehead atoms. The maximum Gasteiger partial charge on any atom is 0.227 e. The van der Waals surface area contributed by atoms with E-state index in [0.29, 0.717) is 11.3 Å². The molecule has 7 nitrogen and oxygen atoms in total. The van der Waals surface area contributed by atoms with Crippen molar-refractivity contribution in [3.8, 4) is 33.6 Å². The summed E-state index contributed by atoms with van der Waals surface area (Å²) >= 11 is 1.69. The van der Waals surface area contributed by atoms with Crippen LogP contribution in [0.5, 0.6) is 0 Å². The third-order valence-corrected chi connectivity index (χ3v) is 7.15. The first-order valence-corrected chi connectivity index (χ1v) is 12.4. The fourth-order valence-corrected chi connectivity index (χ4v) is 5.13. The van der Waals surface area contributed by atoms with Crippen LogP contribution in [0.4, 0.5) is 5.69 Å². The molecule has 35 heavy (non-hydrogen) atoms. The highest BCUT2D eigenvalue weighted by Crippen LogP contribution is 2.35. The van der Waals surface area contributed by atoms with Gasteiger partial charge in [-0.1, -0.05) is 12.1 Å². The molecule has 7 rings (SSSR count). The average molecular weight is 477 g/mol. The molecule has 1 amide bonds. The fraction of sp³-hybridized carbons (Fsp3) is 0.111. The average Bonchev–Trinajstić information content (AvgIpc) is 3.26. The van der Waals surface area contributed by atoms with Crippen molar-refractivity contribution in [2.24, 2.45) is 5.92 Å². The standard InChI is InChI=1S/C27H20N6OS/c34-27(15-4-5-15)30-19-8-17(11-28-13-19)18-9-22-25(32-33-26(22)29-12-18)24-10-21-20(16-6-7-35-14-16)2-1-3-23(21)31-24/h1-3,6-15,31H,4-5H2,(H,30,34)(H,29,32,33). The lowest BCUT2D eigenvalue weighted by Gasteiger charge is -2.07. The van der Waals surface area contributed by atoms with Crippen LogP contribution in [-0.4, -0.2) is 31.1 Å². The summed E-state index contributed by atoms with van der Waals surface area (Å²) in [4.78, 5) is 24.6. The van der Waals surface area contributed by atoms with Gasteiger partial charge in [-0.2, -0.15) is 16.4 Å². The topological polar surface area (TPSA) is 99.3 Å². The molecule has 0 saturated heterocycles. The third-order valence-electron chi connectivity index (χ3n) is 6.46.